The quantitative estimate of drug-likeness (QED) is 0.781. The Morgan fingerprint density at radius 2 is 2.00 bits per heavy atom. The van der Waals surface area contributed by atoms with E-state index in [1.807, 2.05) is 6.92 Å². The average Bonchev–Trinajstić information content (AvgIpc) is 2.45. The Balaban J connectivity index is 2.87. The topological polar surface area (TPSA) is 41.6 Å². The maximum atomic E-state index is 14.0. The molecule has 3 nitrogen and oxygen atoms in total. The average molecular weight is 207 g/mol. The molecule has 15 heavy (non-hydrogen) atoms. The van der Waals surface area contributed by atoms with Gasteiger partial charge in [-0.25, -0.2) is 4.39 Å². The fourth-order valence-corrected chi connectivity index (χ4v) is 1.90. The highest BCUT2D eigenvalue weighted by molar-refractivity contribution is 5.84. The first-order chi connectivity index (χ1) is 6.91. The molecule has 0 saturated carbocycles. The lowest BCUT2D eigenvalue weighted by molar-refractivity contribution is 0.221. The predicted molar refractivity (Wildman–Crippen MR) is 57.5 cm³/mol. The number of aromatic amines is 1. The minimum Gasteiger partial charge on any atom is -0.282 e. The van der Waals surface area contributed by atoms with E-state index in [0.29, 0.717) is 16.8 Å². The molecule has 2 aromatic rings. The lowest BCUT2D eigenvalue weighted by atomic mass is 9.96. The third-order valence-electron chi connectivity index (χ3n) is 2.57. The van der Waals surface area contributed by atoms with Gasteiger partial charge >= 0.3 is 0 Å². The van der Waals surface area contributed by atoms with E-state index in [2.05, 4.69) is 15.2 Å². The van der Waals surface area contributed by atoms with E-state index in [-0.39, 0.29) is 0 Å². The summed E-state index contributed by atoms with van der Waals surface area (Å²) in [6.07, 6.45) is 1.73. The highest BCUT2D eigenvalue weighted by Crippen LogP contribution is 2.32. The maximum absolute atomic E-state index is 14.0. The first-order valence-electron chi connectivity index (χ1n) is 4.91. The van der Waals surface area contributed by atoms with Crippen molar-refractivity contribution in [2.24, 2.45) is 0 Å². The Morgan fingerprint density at radius 1 is 1.33 bits per heavy atom. The molecule has 2 rings (SSSR count). The lowest BCUT2D eigenvalue weighted by Crippen LogP contribution is -2.13. The van der Waals surface area contributed by atoms with Crippen molar-refractivity contribution in [1.29, 1.82) is 0 Å². The summed E-state index contributed by atoms with van der Waals surface area (Å²) in [6.45, 7) is 6.77. The molecular weight excluding hydrogens is 193 g/mol. The van der Waals surface area contributed by atoms with Crippen molar-refractivity contribution >= 4 is 10.9 Å². The van der Waals surface area contributed by atoms with Crippen LogP contribution in [0.2, 0.25) is 0 Å². The summed E-state index contributed by atoms with van der Waals surface area (Å²) < 4.78 is 14.0. The van der Waals surface area contributed by atoms with Crippen molar-refractivity contribution in [3.8, 4) is 0 Å². The van der Waals surface area contributed by atoms with Crippen molar-refractivity contribution in [2.75, 3.05) is 0 Å². The Kier molecular flexibility index (Phi) is 2.03. The normalized spacial score (nSPS) is 12.3. The number of nitrogens with one attached hydrogen (secondary N) is 1. The van der Waals surface area contributed by atoms with E-state index in [0.717, 1.165) is 11.1 Å². The summed E-state index contributed by atoms with van der Waals surface area (Å²) in [5.74, 6) is 0. The number of pyridine rings is 1. The second kappa shape index (κ2) is 3.02. The number of H-pyrrole nitrogens is 1. The second-order valence-corrected chi connectivity index (χ2v) is 4.30. The maximum Gasteiger partial charge on any atom is 0.134 e. The molecule has 2 aromatic heterocycles. The van der Waals surface area contributed by atoms with Gasteiger partial charge in [0.1, 0.15) is 11.2 Å². The van der Waals surface area contributed by atoms with Crippen LogP contribution in [-0.2, 0) is 5.67 Å². The molecule has 0 aliphatic heterocycles. The van der Waals surface area contributed by atoms with E-state index >= 15 is 0 Å². The first-order valence-corrected chi connectivity index (χ1v) is 4.91. The molecular formula is C11H14FN3. The van der Waals surface area contributed by atoms with Gasteiger partial charge in [-0.1, -0.05) is 0 Å². The largest absolute Gasteiger partial charge is 0.282 e. The number of nitrogens with zero attached hydrogens (tertiary/aromatic N) is 2. The van der Waals surface area contributed by atoms with Gasteiger partial charge in [0.2, 0.25) is 0 Å². The van der Waals surface area contributed by atoms with Gasteiger partial charge in [0.05, 0.1) is 0 Å². The Hall–Kier alpha value is -1.45. The summed E-state index contributed by atoms with van der Waals surface area (Å²) in [5.41, 5.74) is 1.46. The van der Waals surface area contributed by atoms with E-state index in [9.17, 15) is 4.39 Å². The van der Waals surface area contributed by atoms with Crippen molar-refractivity contribution in [2.45, 2.75) is 33.4 Å². The van der Waals surface area contributed by atoms with Crippen LogP contribution in [0.1, 0.15) is 30.8 Å². The van der Waals surface area contributed by atoms with Crippen LogP contribution in [0.4, 0.5) is 4.39 Å². The van der Waals surface area contributed by atoms with Gasteiger partial charge in [-0.2, -0.15) is 5.10 Å². The predicted octanol–water partition coefficient (Wildman–Crippen LogP) is 2.78. The summed E-state index contributed by atoms with van der Waals surface area (Å²) >= 11 is 0. The molecule has 0 saturated heterocycles. The van der Waals surface area contributed by atoms with Crippen LogP contribution in [0.15, 0.2) is 6.20 Å². The standard InChI is InChI=1S/C11H14FN3/c1-6-8-5-13-7(2)9(11(3,4)12)10(8)15-14-6/h5H,1-4H3,(H,14,15). The van der Waals surface area contributed by atoms with Crippen molar-refractivity contribution in [1.82, 2.24) is 15.2 Å². The number of hydrogen-bond acceptors (Lipinski definition) is 2. The van der Waals surface area contributed by atoms with Crippen molar-refractivity contribution in [3.63, 3.8) is 0 Å². The molecule has 0 radical (unpaired) electrons. The molecule has 0 spiro atoms. The minimum atomic E-state index is -1.42. The Labute approximate surface area is 87.7 Å². The summed E-state index contributed by atoms with van der Waals surface area (Å²) in [4.78, 5) is 4.21. The molecule has 0 amide bonds. The monoisotopic (exact) mass is 207 g/mol. The second-order valence-electron chi connectivity index (χ2n) is 4.30. The molecule has 0 fully saturated rings. The van der Waals surface area contributed by atoms with E-state index in [1.165, 1.54) is 13.8 Å². The number of fused-ring (bicyclic) bond motifs is 1. The third kappa shape index (κ3) is 1.50. The zero-order chi connectivity index (χ0) is 11.2. The van der Waals surface area contributed by atoms with Gasteiger partial charge in [0.25, 0.3) is 0 Å². The smallest absolute Gasteiger partial charge is 0.134 e. The zero-order valence-electron chi connectivity index (χ0n) is 9.35. The van der Waals surface area contributed by atoms with E-state index in [1.54, 1.807) is 13.1 Å². The van der Waals surface area contributed by atoms with Crippen LogP contribution in [0.5, 0.6) is 0 Å². The number of alkyl halides is 1. The summed E-state index contributed by atoms with van der Waals surface area (Å²) in [6, 6.07) is 0. The highest BCUT2D eigenvalue weighted by atomic mass is 19.1. The van der Waals surface area contributed by atoms with Crippen LogP contribution in [0, 0.1) is 13.8 Å². The molecule has 4 heteroatoms. The van der Waals surface area contributed by atoms with Crippen LogP contribution < -0.4 is 0 Å². The molecule has 2 heterocycles. The van der Waals surface area contributed by atoms with Crippen molar-refractivity contribution < 1.29 is 4.39 Å². The van der Waals surface area contributed by atoms with Crippen LogP contribution in [0.25, 0.3) is 10.9 Å². The Morgan fingerprint density at radius 3 is 2.60 bits per heavy atom. The first kappa shape index (κ1) is 10.1. The fourth-order valence-electron chi connectivity index (χ4n) is 1.90. The number of rotatable bonds is 1. The van der Waals surface area contributed by atoms with Gasteiger partial charge < -0.3 is 0 Å². The molecule has 0 aliphatic carbocycles. The van der Waals surface area contributed by atoms with Crippen LogP contribution in [-0.4, -0.2) is 15.2 Å². The molecule has 1 N–H and O–H groups in total. The van der Waals surface area contributed by atoms with Gasteiger partial charge in [0, 0.05) is 28.5 Å². The molecule has 80 valence electrons. The number of aryl methyl sites for hydroxylation is 2. The molecule has 0 aliphatic rings. The highest BCUT2D eigenvalue weighted by Gasteiger charge is 2.26. The lowest BCUT2D eigenvalue weighted by Gasteiger charge is -2.16. The van der Waals surface area contributed by atoms with Crippen LogP contribution >= 0.6 is 0 Å². The zero-order valence-corrected chi connectivity index (χ0v) is 9.35. The van der Waals surface area contributed by atoms with Crippen molar-refractivity contribution in [3.05, 3.63) is 23.1 Å². The van der Waals surface area contributed by atoms with Gasteiger partial charge in [-0.05, 0) is 27.7 Å². The third-order valence-corrected chi connectivity index (χ3v) is 2.57. The van der Waals surface area contributed by atoms with E-state index in [4.69, 9.17) is 0 Å². The van der Waals surface area contributed by atoms with Gasteiger partial charge in [-0.3, -0.25) is 10.1 Å². The summed E-state index contributed by atoms with van der Waals surface area (Å²) in [5, 5.41) is 7.89. The molecule has 0 bridgehead atoms. The number of aromatic nitrogens is 3. The molecule has 0 aromatic carbocycles. The molecule has 0 atom stereocenters. The SMILES string of the molecule is Cc1ncc2c(C)[nH]nc2c1C(C)(C)F. The number of hydrogen-bond donors (Lipinski definition) is 1. The molecule has 0 unspecified atom stereocenters. The summed E-state index contributed by atoms with van der Waals surface area (Å²) in [7, 11) is 0. The fraction of sp³-hybridized carbons (Fsp3) is 0.455. The van der Waals surface area contributed by atoms with Crippen LogP contribution in [0.3, 0.4) is 0 Å². The minimum absolute atomic E-state index is 0.573. The number of halogens is 1. The Bertz CT molecular complexity index is 508. The van der Waals surface area contributed by atoms with Gasteiger partial charge in [0.15, 0.2) is 0 Å². The van der Waals surface area contributed by atoms with Gasteiger partial charge in [-0.15, -0.1) is 0 Å². The van der Waals surface area contributed by atoms with E-state index < -0.39 is 5.67 Å².